The van der Waals surface area contributed by atoms with Crippen LogP contribution in [0.1, 0.15) is 27.2 Å². The maximum Gasteiger partial charge on any atom is 0.239 e. The van der Waals surface area contributed by atoms with Crippen LogP contribution < -0.4 is 5.32 Å². The molecule has 18 heavy (non-hydrogen) atoms. The first-order chi connectivity index (χ1) is 8.50. The van der Waals surface area contributed by atoms with Crippen LogP contribution in [-0.2, 0) is 9.53 Å². The Labute approximate surface area is 109 Å². The van der Waals surface area contributed by atoms with Gasteiger partial charge in [-0.05, 0) is 27.2 Å². The lowest BCUT2D eigenvalue weighted by molar-refractivity contribution is -0.132. The van der Waals surface area contributed by atoms with E-state index in [1.54, 1.807) is 0 Å². The molecule has 1 N–H and O–H groups in total. The van der Waals surface area contributed by atoms with Gasteiger partial charge in [0.15, 0.2) is 0 Å². The first-order valence-corrected chi connectivity index (χ1v) is 6.51. The predicted molar refractivity (Wildman–Crippen MR) is 68.9 cm³/mol. The van der Waals surface area contributed by atoms with Gasteiger partial charge >= 0.3 is 0 Å². The average Bonchev–Trinajstić information content (AvgIpc) is 2.37. The van der Waals surface area contributed by atoms with Crippen molar-refractivity contribution in [2.24, 2.45) is 5.41 Å². The lowest BCUT2D eigenvalue weighted by atomic mass is 9.91. The zero-order chi connectivity index (χ0) is 13.6. The zero-order valence-electron chi connectivity index (χ0n) is 11.5. The fourth-order valence-corrected chi connectivity index (χ4v) is 1.92. The van der Waals surface area contributed by atoms with E-state index >= 15 is 0 Å². The number of morpholine rings is 1. The predicted octanol–water partition coefficient (Wildman–Crippen LogP) is 0.763. The van der Waals surface area contributed by atoms with Crippen LogP contribution >= 0.6 is 0 Å². The van der Waals surface area contributed by atoms with Crippen molar-refractivity contribution in [1.82, 2.24) is 10.2 Å². The van der Waals surface area contributed by atoms with Crippen LogP contribution in [-0.4, -0.2) is 49.7 Å². The third-order valence-electron chi connectivity index (χ3n) is 3.22. The SMILES string of the molecule is CCNC(=O)C1COCCN1CCC(C)(C)C#N. The highest BCUT2D eigenvalue weighted by Crippen LogP contribution is 2.20. The summed E-state index contributed by atoms with van der Waals surface area (Å²) in [5, 5.41) is 11.8. The van der Waals surface area contributed by atoms with Crippen molar-refractivity contribution in [2.75, 3.05) is 32.8 Å². The average molecular weight is 253 g/mol. The number of nitrogens with zero attached hydrogens (tertiary/aromatic N) is 2. The summed E-state index contributed by atoms with van der Waals surface area (Å²) < 4.78 is 5.37. The molecule has 0 aromatic rings. The lowest BCUT2D eigenvalue weighted by Crippen LogP contribution is -2.54. The molecule has 1 heterocycles. The lowest BCUT2D eigenvalue weighted by Gasteiger charge is -2.35. The number of hydrogen-bond donors (Lipinski definition) is 1. The standard InChI is InChI=1S/C13H23N3O2/c1-4-15-12(17)11-9-18-8-7-16(11)6-5-13(2,3)10-14/h11H,4-9H2,1-3H3,(H,15,17). The number of likely N-dealkylation sites (N-methyl/N-ethyl adjacent to an activating group) is 1. The van der Waals surface area contributed by atoms with E-state index in [4.69, 9.17) is 10.00 Å². The molecule has 0 aromatic carbocycles. The van der Waals surface area contributed by atoms with Crippen LogP contribution in [0.3, 0.4) is 0 Å². The zero-order valence-corrected chi connectivity index (χ0v) is 11.5. The Kier molecular flexibility index (Phi) is 5.57. The van der Waals surface area contributed by atoms with Crippen molar-refractivity contribution in [3.63, 3.8) is 0 Å². The van der Waals surface area contributed by atoms with Crippen LogP contribution in [0.2, 0.25) is 0 Å². The molecule has 1 amide bonds. The Balaban J connectivity index is 2.55. The second-order valence-corrected chi connectivity index (χ2v) is 5.27. The molecule has 1 atom stereocenters. The van der Waals surface area contributed by atoms with E-state index in [0.717, 1.165) is 19.5 Å². The second-order valence-electron chi connectivity index (χ2n) is 5.27. The maximum absolute atomic E-state index is 11.9. The summed E-state index contributed by atoms with van der Waals surface area (Å²) in [6.07, 6.45) is 0.763. The van der Waals surface area contributed by atoms with Crippen LogP contribution in [0.5, 0.6) is 0 Å². The second kappa shape index (κ2) is 6.72. The number of carbonyl (C=O) groups excluding carboxylic acids is 1. The fraction of sp³-hybridized carbons (Fsp3) is 0.846. The summed E-state index contributed by atoms with van der Waals surface area (Å²) in [5.74, 6) is 0.0203. The molecule has 1 fully saturated rings. The Morgan fingerprint density at radius 1 is 1.61 bits per heavy atom. The van der Waals surface area contributed by atoms with Crippen LogP contribution in [0, 0.1) is 16.7 Å². The number of nitriles is 1. The molecule has 1 aliphatic heterocycles. The van der Waals surface area contributed by atoms with E-state index in [0.29, 0.717) is 19.8 Å². The molecule has 102 valence electrons. The van der Waals surface area contributed by atoms with Crippen molar-refractivity contribution in [3.05, 3.63) is 0 Å². The molecule has 0 saturated carbocycles. The number of hydrogen-bond acceptors (Lipinski definition) is 4. The number of nitrogens with one attached hydrogen (secondary N) is 1. The molecule has 1 aliphatic rings. The van der Waals surface area contributed by atoms with E-state index in [1.807, 2.05) is 20.8 Å². The van der Waals surface area contributed by atoms with Crippen molar-refractivity contribution in [2.45, 2.75) is 33.2 Å². The van der Waals surface area contributed by atoms with Gasteiger partial charge in [-0.1, -0.05) is 0 Å². The van der Waals surface area contributed by atoms with Gasteiger partial charge in [0.25, 0.3) is 0 Å². The summed E-state index contributed by atoms with van der Waals surface area (Å²) in [5.41, 5.74) is -0.343. The molecule has 1 rings (SSSR count). The van der Waals surface area contributed by atoms with E-state index < -0.39 is 0 Å². The molecule has 1 saturated heterocycles. The van der Waals surface area contributed by atoms with Gasteiger partial charge < -0.3 is 10.1 Å². The Bertz CT molecular complexity index is 323. The maximum atomic E-state index is 11.9. The molecule has 5 heteroatoms. The van der Waals surface area contributed by atoms with Gasteiger partial charge in [-0.2, -0.15) is 5.26 Å². The first kappa shape index (κ1) is 14.9. The molecule has 0 aromatic heterocycles. The van der Waals surface area contributed by atoms with Crippen molar-refractivity contribution >= 4 is 5.91 Å². The number of ether oxygens (including phenoxy) is 1. The molecule has 1 unspecified atom stereocenters. The van der Waals surface area contributed by atoms with Gasteiger partial charge in [-0.25, -0.2) is 0 Å². The van der Waals surface area contributed by atoms with Gasteiger partial charge in [0.2, 0.25) is 5.91 Å². The van der Waals surface area contributed by atoms with Gasteiger partial charge in [-0.15, -0.1) is 0 Å². The molecular weight excluding hydrogens is 230 g/mol. The van der Waals surface area contributed by atoms with E-state index in [-0.39, 0.29) is 17.4 Å². The smallest absolute Gasteiger partial charge is 0.239 e. The minimum atomic E-state index is -0.343. The normalized spacial score (nSPS) is 21.3. The summed E-state index contributed by atoms with van der Waals surface area (Å²) >= 11 is 0. The van der Waals surface area contributed by atoms with Gasteiger partial charge in [0.05, 0.1) is 24.7 Å². The Hall–Kier alpha value is -1.12. The first-order valence-electron chi connectivity index (χ1n) is 6.51. The Morgan fingerprint density at radius 3 is 2.94 bits per heavy atom. The molecule has 0 spiro atoms. The molecule has 0 radical (unpaired) electrons. The van der Waals surface area contributed by atoms with Crippen LogP contribution in [0.15, 0.2) is 0 Å². The van der Waals surface area contributed by atoms with E-state index in [2.05, 4.69) is 16.3 Å². The minimum Gasteiger partial charge on any atom is -0.378 e. The van der Waals surface area contributed by atoms with Crippen molar-refractivity contribution in [1.29, 1.82) is 5.26 Å². The van der Waals surface area contributed by atoms with Crippen LogP contribution in [0.25, 0.3) is 0 Å². The quantitative estimate of drug-likeness (QED) is 0.785. The van der Waals surface area contributed by atoms with E-state index in [9.17, 15) is 4.79 Å². The van der Waals surface area contributed by atoms with Crippen molar-refractivity contribution < 1.29 is 9.53 Å². The molecule has 0 aliphatic carbocycles. The number of rotatable bonds is 5. The summed E-state index contributed by atoms with van der Waals surface area (Å²) in [6, 6.07) is 2.08. The fourth-order valence-electron chi connectivity index (χ4n) is 1.92. The van der Waals surface area contributed by atoms with Gasteiger partial charge in [0.1, 0.15) is 6.04 Å². The highest BCUT2D eigenvalue weighted by molar-refractivity contribution is 5.81. The summed E-state index contributed by atoms with van der Waals surface area (Å²) in [7, 11) is 0. The molecular formula is C13H23N3O2. The summed E-state index contributed by atoms with van der Waals surface area (Å²) in [4.78, 5) is 14.0. The molecule has 0 bridgehead atoms. The highest BCUT2D eigenvalue weighted by atomic mass is 16.5. The molecule has 5 nitrogen and oxygen atoms in total. The summed E-state index contributed by atoms with van der Waals surface area (Å²) in [6.45, 7) is 9.00. The van der Waals surface area contributed by atoms with Gasteiger partial charge in [0, 0.05) is 19.6 Å². The minimum absolute atomic E-state index is 0.0203. The van der Waals surface area contributed by atoms with Crippen LogP contribution in [0.4, 0.5) is 0 Å². The Morgan fingerprint density at radius 2 is 2.33 bits per heavy atom. The number of amides is 1. The third-order valence-corrected chi connectivity index (χ3v) is 3.22. The van der Waals surface area contributed by atoms with Gasteiger partial charge in [-0.3, -0.25) is 9.69 Å². The highest BCUT2D eigenvalue weighted by Gasteiger charge is 2.30. The van der Waals surface area contributed by atoms with E-state index in [1.165, 1.54) is 0 Å². The third kappa shape index (κ3) is 4.28. The largest absolute Gasteiger partial charge is 0.378 e. The van der Waals surface area contributed by atoms with Crippen molar-refractivity contribution in [3.8, 4) is 6.07 Å². The monoisotopic (exact) mass is 253 g/mol. The number of carbonyl (C=O) groups is 1. The topological polar surface area (TPSA) is 65.4 Å².